The third-order valence-electron chi connectivity index (χ3n) is 4.65. The van der Waals surface area contributed by atoms with Gasteiger partial charge in [-0.2, -0.15) is 5.26 Å². The molecule has 2 N–H and O–H groups in total. The van der Waals surface area contributed by atoms with Crippen LogP contribution < -0.4 is 15.2 Å². The molecule has 0 bridgehead atoms. The number of hydrogen-bond donors (Lipinski definition) is 1. The summed E-state index contributed by atoms with van der Waals surface area (Å²) in [6, 6.07) is 15.8. The topological polar surface area (TPSA) is 81.2 Å². The van der Waals surface area contributed by atoms with Crippen molar-refractivity contribution in [2.24, 2.45) is 0 Å². The number of aryl methyl sites for hydroxylation is 2. The average molecular weight is 343 g/mol. The number of nitriles is 1. The minimum atomic E-state index is 0.205. The molecular weight excluding hydrogens is 326 g/mol. The van der Waals surface area contributed by atoms with Crippen LogP contribution in [-0.2, 0) is 0 Å². The molecule has 2 heterocycles. The third-order valence-corrected chi connectivity index (χ3v) is 4.65. The Morgan fingerprint density at radius 1 is 0.962 bits per heavy atom. The van der Waals surface area contributed by atoms with Crippen LogP contribution in [0.4, 0.5) is 5.82 Å². The summed E-state index contributed by atoms with van der Waals surface area (Å²) in [6.45, 7) is 4.33. The average Bonchev–Trinajstić information content (AvgIpc) is 3.11. The van der Waals surface area contributed by atoms with E-state index in [-0.39, 0.29) is 12.6 Å². The zero-order valence-corrected chi connectivity index (χ0v) is 14.5. The maximum Gasteiger partial charge on any atom is 0.231 e. The van der Waals surface area contributed by atoms with Crippen molar-refractivity contribution < 1.29 is 9.47 Å². The highest BCUT2D eigenvalue weighted by molar-refractivity contribution is 5.81. The quantitative estimate of drug-likeness (QED) is 0.753. The number of hydrogen-bond acceptors (Lipinski definition) is 5. The number of aromatic nitrogens is 1. The first-order valence-corrected chi connectivity index (χ1v) is 8.25. The van der Waals surface area contributed by atoms with Gasteiger partial charge in [-0.15, -0.1) is 0 Å². The smallest absolute Gasteiger partial charge is 0.231 e. The first-order valence-electron chi connectivity index (χ1n) is 8.25. The Hall–Kier alpha value is -3.52. The van der Waals surface area contributed by atoms with Gasteiger partial charge in [0.2, 0.25) is 6.79 Å². The van der Waals surface area contributed by atoms with E-state index in [0.29, 0.717) is 17.1 Å². The van der Waals surface area contributed by atoms with Gasteiger partial charge in [-0.3, -0.25) is 0 Å². The largest absolute Gasteiger partial charge is 0.454 e. The maximum atomic E-state index is 9.57. The lowest BCUT2D eigenvalue weighted by molar-refractivity contribution is 0.174. The molecule has 26 heavy (non-hydrogen) atoms. The van der Waals surface area contributed by atoms with Crippen LogP contribution in [0.25, 0.3) is 22.4 Å². The molecular formula is C21H17N3O2. The normalized spacial score (nSPS) is 12.0. The van der Waals surface area contributed by atoms with E-state index in [1.54, 1.807) is 0 Å². The van der Waals surface area contributed by atoms with E-state index in [1.807, 2.05) is 30.3 Å². The molecule has 1 aromatic heterocycles. The summed E-state index contributed by atoms with van der Waals surface area (Å²) in [4.78, 5) is 4.44. The van der Waals surface area contributed by atoms with E-state index in [0.717, 1.165) is 22.4 Å². The summed E-state index contributed by atoms with van der Waals surface area (Å²) in [5.74, 6) is 1.58. The Balaban J connectivity index is 1.90. The number of nitrogens with zero attached hydrogens (tertiary/aromatic N) is 2. The highest BCUT2D eigenvalue weighted by atomic mass is 16.7. The van der Waals surface area contributed by atoms with Gasteiger partial charge in [-0.1, -0.05) is 18.2 Å². The lowest BCUT2D eigenvalue weighted by Crippen LogP contribution is -2.00. The second kappa shape index (κ2) is 6.08. The van der Waals surface area contributed by atoms with Crippen LogP contribution in [0.1, 0.15) is 16.7 Å². The standard InChI is InChI=1S/C21H17N3O2/c1-12-3-4-15(7-13(12)2)18-9-16(17(10-22)21(23)24-18)14-5-6-19-20(8-14)26-11-25-19/h3-9H,11H2,1-2H3,(H2,23,24). The summed E-state index contributed by atoms with van der Waals surface area (Å²) in [5.41, 5.74) is 12.1. The second-order valence-corrected chi connectivity index (χ2v) is 6.29. The third kappa shape index (κ3) is 2.62. The highest BCUT2D eigenvalue weighted by Gasteiger charge is 2.18. The lowest BCUT2D eigenvalue weighted by Gasteiger charge is -2.12. The van der Waals surface area contributed by atoms with Crippen LogP contribution in [0.3, 0.4) is 0 Å². The van der Waals surface area contributed by atoms with Gasteiger partial charge in [0.15, 0.2) is 11.5 Å². The molecule has 0 radical (unpaired) electrons. The molecule has 128 valence electrons. The van der Waals surface area contributed by atoms with Crippen molar-refractivity contribution >= 4 is 5.82 Å². The van der Waals surface area contributed by atoms with Crippen LogP contribution >= 0.6 is 0 Å². The minimum absolute atomic E-state index is 0.205. The molecule has 5 heteroatoms. The van der Waals surface area contributed by atoms with E-state index in [2.05, 4.69) is 37.0 Å². The number of nitrogens with two attached hydrogens (primary N) is 1. The van der Waals surface area contributed by atoms with Crippen LogP contribution in [0.15, 0.2) is 42.5 Å². The molecule has 2 aromatic carbocycles. The number of ether oxygens (including phenoxy) is 2. The number of pyridine rings is 1. The maximum absolute atomic E-state index is 9.57. The molecule has 0 unspecified atom stereocenters. The summed E-state index contributed by atoms with van der Waals surface area (Å²) in [6.07, 6.45) is 0. The summed E-state index contributed by atoms with van der Waals surface area (Å²) in [7, 11) is 0. The number of nitrogen functional groups attached to an aromatic ring is 1. The van der Waals surface area contributed by atoms with Crippen molar-refractivity contribution in [2.45, 2.75) is 13.8 Å². The first-order chi connectivity index (χ1) is 12.6. The van der Waals surface area contributed by atoms with Gasteiger partial charge in [-0.05, 0) is 54.8 Å². The fourth-order valence-corrected chi connectivity index (χ4v) is 3.02. The first kappa shape index (κ1) is 16.0. The fourth-order valence-electron chi connectivity index (χ4n) is 3.02. The molecule has 1 aliphatic heterocycles. The molecule has 0 fully saturated rings. The zero-order chi connectivity index (χ0) is 18.3. The molecule has 0 saturated heterocycles. The van der Waals surface area contributed by atoms with Crippen molar-refractivity contribution in [3.8, 4) is 40.0 Å². The van der Waals surface area contributed by atoms with E-state index >= 15 is 0 Å². The van der Waals surface area contributed by atoms with Crippen molar-refractivity contribution in [1.82, 2.24) is 4.98 Å². The molecule has 3 aromatic rings. The summed E-state index contributed by atoms with van der Waals surface area (Å²) < 4.78 is 10.8. The Bertz CT molecular complexity index is 1070. The van der Waals surface area contributed by atoms with Crippen LogP contribution in [0, 0.1) is 25.2 Å². The van der Waals surface area contributed by atoms with Crippen LogP contribution in [-0.4, -0.2) is 11.8 Å². The number of rotatable bonds is 2. The van der Waals surface area contributed by atoms with E-state index < -0.39 is 0 Å². The van der Waals surface area contributed by atoms with Crippen LogP contribution in [0.2, 0.25) is 0 Å². The van der Waals surface area contributed by atoms with Gasteiger partial charge < -0.3 is 15.2 Å². The van der Waals surface area contributed by atoms with Crippen molar-refractivity contribution in [2.75, 3.05) is 12.5 Å². The second-order valence-electron chi connectivity index (χ2n) is 6.29. The van der Waals surface area contributed by atoms with Gasteiger partial charge in [0.1, 0.15) is 17.5 Å². The Kier molecular flexibility index (Phi) is 3.74. The lowest BCUT2D eigenvalue weighted by atomic mass is 9.97. The minimum Gasteiger partial charge on any atom is -0.454 e. The summed E-state index contributed by atoms with van der Waals surface area (Å²) >= 11 is 0. The van der Waals surface area contributed by atoms with Gasteiger partial charge >= 0.3 is 0 Å². The zero-order valence-electron chi connectivity index (χ0n) is 14.5. The van der Waals surface area contributed by atoms with Gasteiger partial charge in [0.25, 0.3) is 0 Å². The number of benzene rings is 2. The monoisotopic (exact) mass is 343 g/mol. The van der Waals surface area contributed by atoms with E-state index in [1.165, 1.54) is 11.1 Å². The van der Waals surface area contributed by atoms with E-state index in [9.17, 15) is 5.26 Å². The predicted molar refractivity (Wildman–Crippen MR) is 99.8 cm³/mol. The molecule has 4 rings (SSSR count). The fraction of sp³-hybridized carbons (Fsp3) is 0.143. The Morgan fingerprint density at radius 2 is 1.73 bits per heavy atom. The predicted octanol–water partition coefficient (Wildman–Crippen LogP) is 4.22. The number of anilines is 1. The Labute approximate surface area is 151 Å². The summed E-state index contributed by atoms with van der Waals surface area (Å²) in [5, 5.41) is 9.57. The molecule has 0 spiro atoms. The molecule has 5 nitrogen and oxygen atoms in total. The van der Waals surface area contributed by atoms with Gasteiger partial charge in [-0.25, -0.2) is 4.98 Å². The number of fused-ring (bicyclic) bond motifs is 1. The highest BCUT2D eigenvalue weighted by Crippen LogP contribution is 2.38. The molecule has 0 aliphatic carbocycles. The van der Waals surface area contributed by atoms with E-state index in [4.69, 9.17) is 15.2 Å². The van der Waals surface area contributed by atoms with Crippen molar-refractivity contribution in [1.29, 1.82) is 5.26 Å². The SMILES string of the molecule is Cc1ccc(-c2cc(-c3ccc4c(c3)OCO4)c(C#N)c(N)n2)cc1C. The molecule has 0 amide bonds. The molecule has 0 saturated carbocycles. The molecule has 1 aliphatic rings. The van der Waals surface area contributed by atoms with Gasteiger partial charge in [0, 0.05) is 11.1 Å². The Morgan fingerprint density at radius 3 is 2.50 bits per heavy atom. The van der Waals surface area contributed by atoms with Crippen molar-refractivity contribution in [3.63, 3.8) is 0 Å². The van der Waals surface area contributed by atoms with Crippen molar-refractivity contribution in [3.05, 3.63) is 59.2 Å². The van der Waals surface area contributed by atoms with Crippen LogP contribution in [0.5, 0.6) is 11.5 Å². The molecule has 0 atom stereocenters. The van der Waals surface area contributed by atoms with Gasteiger partial charge in [0.05, 0.1) is 5.69 Å².